The van der Waals surface area contributed by atoms with Crippen LogP contribution in [0.1, 0.15) is 83.1 Å². The van der Waals surface area contributed by atoms with Gasteiger partial charge >= 0.3 is 6.11 Å². The van der Waals surface area contributed by atoms with Crippen molar-refractivity contribution in [2.24, 2.45) is 23.7 Å². The van der Waals surface area contributed by atoms with Crippen LogP contribution in [0.3, 0.4) is 0 Å². The maximum Gasteiger partial charge on any atom is 0.400 e. The third-order valence-electron chi connectivity index (χ3n) is 8.40. The Morgan fingerprint density at radius 1 is 0.861 bits per heavy atom. The fraction of sp³-hybridized carbons (Fsp3) is 0.548. The van der Waals surface area contributed by atoms with Crippen molar-refractivity contribution in [1.82, 2.24) is 0 Å². The zero-order valence-electron chi connectivity index (χ0n) is 21.0. The molecule has 0 N–H and O–H groups in total. The standard InChI is InChI=1S/C31H36F4O/c1-3-5-6-21-7-9-22(10-8-21)23-11-15-26(16-12-23)31(34,35)36-27-17-13-24(14-18-27)25-19-29(32)28(4-2)30(33)20-25/h2,13-14,17-23,26H,3,5-12,15-16H2,1H3. The predicted molar refractivity (Wildman–Crippen MR) is 136 cm³/mol. The molecule has 0 saturated heterocycles. The Morgan fingerprint density at radius 2 is 1.42 bits per heavy atom. The van der Waals surface area contributed by atoms with E-state index in [0.717, 1.165) is 30.9 Å². The van der Waals surface area contributed by atoms with Crippen molar-refractivity contribution in [2.75, 3.05) is 0 Å². The number of hydrogen-bond acceptors (Lipinski definition) is 1. The van der Waals surface area contributed by atoms with Crippen LogP contribution >= 0.6 is 0 Å². The molecule has 194 valence electrons. The van der Waals surface area contributed by atoms with E-state index in [4.69, 9.17) is 11.2 Å². The first-order chi connectivity index (χ1) is 17.3. The van der Waals surface area contributed by atoms with Gasteiger partial charge in [0.15, 0.2) is 0 Å². The van der Waals surface area contributed by atoms with E-state index < -0.39 is 29.2 Å². The molecule has 0 spiro atoms. The van der Waals surface area contributed by atoms with E-state index in [-0.39, 0.29) is 11.3 Å². The zero-order chi connectivity index (χ0) is 25.7. The summed E-state index contributed by atoms with van der Waals surface area (Å²) in [7, 11) is 0. The molecule has 0 atom stereocenters. The monoisotopic (exact) mass is 500 g/mol. The normalized spacial score (nSPS) is 24.8. The van der Waals surface area contributed by atoms with Gasteiger partial charge in [-0.25, -0.2) is 8.78 Å². The van der Waals surface area contributed by atoms with Gasteiger partial charge in [-0.2, -0.15) is 8.78 Å². The molecule has 2 fully saturated rings. The Bertz CT molecular complexity index is 1020. The van der Waals surface area contributed by atoms with Crippen LogP contribution in [0.5, 0.6) is 5.75 Å². The molecule has 0 aromatic heterocycles. The van der Waals surface area contributed by atoms with Gasteiger partial charge in [-0.15, -0.1) is 6.42 Å². The Morgan fingerprint density at radius 3 is 1.94 bits per heavy atom. The summed E-state index contributed by atoms with van der Waals surface area (Å²) in [5, 5.41) is 0. The molecule has 0 unspecified atom stereocenters. The third kappa shape index (κ3) is 6.25. The van der Waals surface area contributed by atoms with Gasteiger partial charge in [0.2, 0.25) is 0 Å². The highest BCUT2D eigenvalue weighted by Gasteiger charge is 2.45. The van der Waals surface area contributed by atoms with Gasteiger partial charge in [-0.05, 0) is 91.7 Å². The van der Waals surface area contributed by atoms with Crippen LogP contribution in [0, 0.1) is 47.6 Å². The molecule has 0 radical (unpaired) electrons. The average Bonchev–Trinajstić information content (AvgIpc) is 2.88. The highest BCUT2D eigenvalue weighted by Crippen LogP contribution is 2.46. The number of ether oxygens (including phenoxy) is 1. The molecule has 2 aliphatic carbocycles. The molecule has 0 amide bonds. The molecule has 2 aromatic rings. The minimum atomic E-state index is -3.25. The van der Waals surface area contributed by atoms with Gasteiger partial charge in [-0.3, -0.25) is 0 Å². The van der Waals surface area contributed by atoms with E-state index in [1.54, 1.807) is 0 Å². The molecule has 5 heteroatoms. The van der Waals surface area contributed by atoms with Crippen LogP contribution in [0.2, 0.25) is 0 Å². The summed E-state index contributed by atoms with van der Waals surface area (Å²) in [5.41, 5.74) is 0.338. The predicted octanol–water partition coefficient (Wildman–Crippen LogP) is 9.39. The second-order valence-electron chi connectivity index (χ2n) is 10.7. The minimum Gasteiger partial charge on any atom is -0.432 e. The number of rotatable bonds is 8. The van der Waals surface area contributed by atoms with E-state index in [1.165, 1.54) is 69.2 Å². The molecule has 0 aliphatic heterocycles. The highest BCUT2D eigenvalue weighted by atomic mass is 19.3. The zero-order valence-corrected chi connectivity index (χ0v) is 21.0. The lowest BCUT2D eigenvalue weighted by Crippen LogP contribution is -2.38. The lowest BCUT2D eigenvalue weighted by molar-refractivity contribution is -0.224. The van der Waals surface area contributed by atoms with Crippen molar-refractivity contribution in [1.29, 1.82) is 0 Å². The summed E-state index contributed by atoms with van der Waals surface area (Å²) in [4.78, 5) is 0. The summed E-state index contributed by atoms with van der Waals surface area (Å²) in [5.74, 6) is 1.67. The lowest BCUT2D eigenvalue weighted by Gasteiger charge is -2.39. The van der Waals surface area contributed by atoms with Gasteiger partial charge in [0.1, 0.15) is 17.4 Å². The molecule has 0 bridgehead atoms. The SMILES string of the molecule is C#Cc1c(F)cc(-c2ccc(OC(F)(F)C3CCC(C4CCC(CCCC)CC4)CC3)cc2)cc1F. The van der Waals surface area contributed by atoms with E-state index in [9.17, 15) is 8.78 Å². The summed E-state index contributed by atoms with van der Waals surface area (Å²) in [6.45, 7) is 2.24. The third-order valence-corrected chi connectivity index (χ3v) is 8.40. The minimum absolute atomic E-state index is 0.0393. The summed E-state index contributed by atoms with van der Waals surface area (Å²) in [6, 6.07) is 8.14. The number of benzene rings is 2. The Labute approximate surface area is 212 Å². The Kier molecular flexibility index (Phi) is 8.65. The number of terminal acetylenes is 1. The second-order valence-corrected chi connectivity index (χ2v) is 10.7. The largest absolute Gasteiger partial charge is 0.432 e. The maximum absolute atomic E-state index is 15.0. The quantitative estimate of drug-likeness (QED) is 0.259. The van der Waals surface area contributed by atoms with Crippen molar-refractivity contribution in [3.8, 4) is 29.2 Å². The first kappa shape index (κ1) is 26.6. The number of halogens is 4. The molecule has 1 nitrogen and oxygen atoms in total. The van der Waals surface area contributed by atoms with Crippen molar-refractivity contribution in [3.05, 3.63) is 53.6 Å². The first-order valence-corrected chi connectivity index (χ1v) is 13.4. The van der Waals surface area contributed by atoms with Crippen LogP contribution in [-0.4, -0.2) is 6.11 Å². The molecular formula is C31H36F4O. The fourth-order valence-electron chi connectivity index (χ4n) is 6.20. The van der Waals surface area contributed by atoms with Crippen LogP contribution in [-0.2, 0) is 0 Å². The van der Waals surface area contributed by atoms with E-state index >= 15 is 8.78 Å². The van der Waals surface area contributed by atoms with Crippen molar-refractivity contribution >= 4 is 0 Å². The molecular weight excluding hydrogens is 464 g/mol. The van der Waals surface area contributed by atoms with Gasteiger partial charge < -0.3 is 4.74 Å². The highest BCUT2D eigenvalue weighted by molar-refractivity contribution is 5.65. The van der Waals surface area contributed by atoms with Crippen LogP contribution in [0.15, 0.2) is 36.4 Å². The van der Waals surface area contributed by atoms with E-state index in [1.807, 2.05) is 5.92 Å². The van der Waals surface area contributed by atoms with Crippen molar-refractivity contribution in [3.63, 3.8) is 0 Å². The topological polar surface area (TPSA) is 9.23 Å². The van der Waals surface area contributed by atoms with E-state index in [0.29, 0.717) is 30.2 Å². The van der Waals surface area contributed by atoms with Gasteiger partial charge in [0.25, 0.3) is 0 Å². The summed E-state index contributed by atoms with van der Waals surface area (Å²) >= 11 is 0. The lowest BCUT2D eigenvalue weighted by atomic mass is 9.68. The number of unbranched alkanes of at least 4 members (excludes halogenated alkanes) is 1. The summed E-state index contributed by atoms with van der Waals surface area (Å²) < 4.78 is 63.2. The van der Waals surface area contributed by atoms with Crippen LogP contribution in [0.25, 0.3) is 11.1 Å². The second kappa shape index (κ2) is 11.7. The van der Waals surface area contributed by atoms with Gasteiger partial charge in [0, 0.05) is 0 Å². The molecule has 2 aliphatic rings. The Hall–Kier alpha value is -2.48. The Balaban J connectivity index is 1.30. The smallest absolute Gasteiger partial charge is 0.400 e. The fourth-order valence-corrected chi connectivity index (χ4v) is 6.20. The molecule has 2 saturated carbocycles. The van der Waals surface area contributed by atoms with E-state index in [2.05, 4.69) is 6.92 Å². The first-order valence-electron chi connectivity index (χ1n) is 13.4. The van der Waals surface area contributed by atoms with Gasteiger partial charge in [0.05, 0.1) is 11.5 Å². The molecule has 4 rings (SSSR count). The maximum atomic E-state index is 15.0. The number of hydrogen-bond donors (Lipinski definition) is 0. The van der Waals surface area contributed by atoms with Gasteiger partial charge in [-0.1, -0.05) is 57.1 Å². The molecule has 36 heavy (non-hydrogen) atoms. The molecule has 0 heterocycles. The van der Waals surface area contributed by atoms with Crippen LogP contribution in [0.4, 0.5) is 17.6 Å². The van der Waals surface area contributed by atoms with Crippen molar-refractivity contribution in [2.45, 2.75) is 83.7 Å². The van der Waals surface area contributed by atoms with Crippen LogP contribution < -0.4 is 4.74 Å². The number of alkyl halides is 2. The molecule has 2 aromatic carbocycles. The average molecular weight is 501 g/mol. The summed E-state index contributed by atoms with van der Waals surface area (Å²) in [6.07, 6.45) is 13.5. The van der Waals surface area contributed by atoms with Crippen molar-refractivity contribution < 1.29 is 22.3 Å².